The summed E-state index contributed by atoms with van der Waals surface area (Å²) in [6, 6.07) is 11.1. The summed E-state index contributed by atoms with van der Waals surface area (Å²) in [6.07, 6.45) is 0.901. The largest absolute Gasteiger partial charge is 0.487 e. The molecular formula is C18H18BrFO. The molecule has 0 N–H and O–H groups in total. The molecule has 0 aromatic heterocycles. The number of aryl methyl sites for hydroxylation is 1. The quantitative estimate of drug-likeness (QED) is 0.666. The van der Waals surface area contributed by atoms with Crippen molar-refractivity contribution in [3.05, 3.63) is 64.5 Å². The zero-order valence-electron chi connectivity index (χ0n) is 12.4. The predicted octanol–water partition coefficient (Wildman–Crippen LogP) is 5.33. The highest BCUT2D eigenvalue weighted by Crippen LogP contribution is 2.39. The van der Waals surface area contributed by atoms with E-state index in [1.54, 1.807) is 6.07 Å². The second-order valence-corrected chi connectivity index (χ2v) is 7.18. The van der Waals surface area contributed by atoms with Crippen LogP contribution in [0.3, 0.4) is 0 Å². The van der Waals surface area contributed by atoms with Crippen LogP contribution in [0.4, 0.5) is 4.39 Å². The van der Waals surface area contributed by atoms with Crippen LogP contribution in [0.5, 0.6) is 5.75 Å². The van der Waals surface area contributed by atoms with Crippen molar-refractivity contribution in [3.63, 3.8) is 0 Å². The van der Waals surface area contributed by atoms with Crippen LogP contribution in [0.2, 0.25) is 0 Å². The number of benzene rings is 2. The zero-order chi connectivity index (χ0) is 15.2. The van der Waals surface area contributed by atoms with Crippen molar-refractivity contribution in [2.75, 3.05) is 0 Å². The van der Waals surface area contributed by atoms with E-state index in [0.717, 1.165) is 28.9 Å². The maximum atomic E-state index is 13.5. The Kier molecular flexibility index (Phi) is 3.56. The van der Waals surface area contributed by atoms with Crippen LogP contribution in [0.1, 0.15) is 40.9 Å². The summed E-state index contributed by atoms with van der Waals surface area (Å²) >= 11 is 3.71. The summed E-state index contributed by atoms with van der Waals surface area (Å²) in [4.78, 5) is -0.0118. The van der Waals surface area contributed by atoms with Crippen LogP contribution in [-0.2, 0) is 6.42 Å². The summed E-state index contributed by atoms with van der Waals surface area (Å²) in [5, 5.41) is 0. The molecule has 0 amide bonds. The molecule has 3 rings (SSSR count). The Bertz CT molecular complexity index is 694. The summed E-state index contributed by atoms with van der Waals surface area (Å²) in [5.41, 5.74) is 4.25. The van der Waals surface area contributed by atoms with E-state index in [0.29, 0.717) is 0 Å². The second-order valence-electron chi connectivity index (χ2n) is 6.27. The van der Waals surface area contributed by atoms with E-state index in [1.807, 2.05) is 25.1 Å². The van der Waals surface area contributed by atoms with Crippen molar-refractivity contribution in [2.45, 2.75) is 37.6 Å². The molecule has 2 aromatic carbocycles. The first-order valence-corrected chi connectivity index (χ1v) is 7.99. The third-order valence-electron chi connectivity index (χ3n) is 3.89. The first-order chi connectivity index (χ1) is 9.85. The number of ether oxygens (including phenoxy) is 1. The number of alkyl halides is 1. The van der Waals surface area contributed by atoms with Gasteiger partial charge in [0.05, 0.1) is 4.83 Å². The van der Waals surface area contributed by atoms with Crippen LogP contribution in [0.25, 0.3) is 0 Å². The van der Waals surface area contributed by atoms with Gasteiger partial charge < -0.3 is 4.74 Å². The Hall–Kier alpha value is -1.35. The fraction of sp³-hybridized carbons (Fsp3) is 0.333. The predicted molar refractivity (Wildman–Crippen MR) is 86.8 cm³/mol. The molecule has 1 atom stereocenters. The average molecular weight is 349 g/mol. The standard InChI is InChI=1S/C18H18BrFO/c1-11-4-6-14(20)9-15(11)17(19)12-5-7-16-13(8-12)10-18(2,3)21-16/h4-9,17H,10H2,1-3H3. The minimum atomic E-state index is -0.203. The van der Waals surface area contributed by atoms with E-state index >= 15 is 0 Å². The van der Waals surface area contributed by atoms with Crippen LogP contribution in [0.15, 0.2) is 36.4 Å². The molecular weight excluding hydrogens is 331 g/mol. The Balaban J connectivity index is 1.97. The van der Waals surface area contributed by atoms with Gasteiger partial charge in [0.15, 0.2) is 0 Å². The Morgan fingerprint density at radius 1 is 1.19 bits per heavy atom. The number of fused-ring (bicyclic) bond motifs is 1. The molecule has 0 aliphatic carbocycles. The van der Waals surface area contributed by atoms with Gasteiger partial charge in [0.2, 0.25) is 0 Å². The maximum absolute atomic E-state index is 13.5. The van der Waals surface area contributed by atoms with Crippen molar-refractivity contribution >= 4 is 15.9 Å². The molecule has 1 heterocycles. The van der Waals surface area contributed by atoms with Crippen molar-refractivity contribution in [2.24, 2.45) is 0 Å². The van der Waals surface area contributed by atoms with Crippen LogP contribution in [0, 0.1) is 12.7 Å². The minimum absolute atomic E-state index is 0.0118. The average Bonchev–Trinajstić information content (AvgIpc) is 2.73. The topological polar surface area (TPSA) is 9.23 Å². The molecule has 2 aromatic rings. The first-order valence-electron chi connectivity index (χ1n) is 7.08. The molecule has 0 spiro atoms. The molecule has 0 radical (unpaired) electrons. The zero-order valence-corrected chi connectivity index (χ0v) is 14.0. The lowest BCUT2D eigenvalue weighted by Gasteiger charge is -2.16. The van der Waals surface area contributed by atoms with Crippen molar-refractivity contribution in [3.8, 4) is 5.75 Å². The van der Waals surface area contributed by atoms with Crippen LogP contribution >= 0.6 is 15.9 Å². The van der Waals surface area contributed by atoms with E-state index in [4.69, 9.17) is 4.74 Å². The highest BCUT2D eigenvalue weighted by atomic mass is 79.9. The molecule has 110 valence electrons. The molecule has 21 heavy (non-hydrogen) atoms. The summed E-state index contributed by atoms with van der Waals surface area (Å²) < 4.78 is 19.4. The van der Waals surface area contributed by atoms with Gasteiger partial charge in [-0.15, -0.1) is 0 Å². The molecule has 0 saturated carbocycles. The van der Waals surface area contributed by atoms with E-state index in [2.05, 4.69) is 35.8 Å². The Labute approximate surface area is 133 Å². The van der Waals surface area contributed by atoms with Crippen LogP contribution < -0.4 is 4.74 Å². The van der Waals surface area contributed by atoms with Gasteiger partial charge in [-0.1, -0.05) is 34.1 Å². The number of halogens is 2. The highest BCUT2D eigenvalue weighted by molar-refractivity contribution is 9.09. The normalized spacial score (nSPS) is 17.2. The molecule has 1 aliphatic heterocycles. The highest BCUT2D eigenvalue weighted by Gasteiger charge is 2.30. The molecule has 1 nitrogen and oxygen atoms in total. The molecule has 1 unspecified atom stereocenters. The van der Waals surface area contributed by atoms with Gasteiger partial charge in [0.25, 0.3) is 0 Å². The van der Waals surface area contributed by atoms with Crippen molar-refractivity contribution in [1.82, 2.24) is 0 Å². The number of rotatable bonds is 2. The van der Waals surface area contributed by atoms with Gasteiger partial charge in [0.1, 0.15) is 17.2 Å². The second kappa shape index (κ2) is 5.13. The lowest BCUT2D eigenvalue weighted by Crippen LogP contribution is -2.24. The first kappa shape index (κ1) is 14.6. The third kappa shape index (κ3) is 2.84. The van der Waals surface area contributed by atoms with Gasteiger partial charge in [-0.25, -0.2) is 4.39 Å². The Morgan fingerprint density at radius 3 is 2.71 bits per heavy atom. The molecule has 0 saturated heterocycles. The van der Waals surface area contributed by atoms with Gasteiger partial charge in [-0.05, 0) is 61.2 Å². The minimum Gasteiger partial charge on any atom is -0.487 e. The summed E-state index contributed by atoms with van der Waals surface area (Å²) in [6.45, 7) is 6.19. The lowest BCUT2D eigenvalue weighted by molar-refractivity contribution is 0.138. The number of hydrogen-bond donors (Lipinski definition) is 0. The fourth-order valence-corrected chi connectivity index (χ4v) is 3.63. The Morgan fingerprint density at radius 2 is 1.95 bits per heavy atom. The maximum Gasteiger partial charge on any atom is 0.123 e. The van der Waals surface area contributed by atoms with Crippen molar-refractivity contribution in [1.29, 1.82) is 0 Å². The summed E-state index contributed by atoms with van der Waals surface area (Å²) in [7, 11) is 0. The monoisotopic (exact) mass is 348 g/mol. The lowest BCUT2D eigenvalue weighted by atomic mass is 9.96. The van der Waals surface area contributed by atoms with Gasteiger partial charge in [0, 0.05) is 6.42 Å². The van der Waals surface area contributed by atoms with Crippen LogP contribution in [-0.4, -0.2) is 5.60 Å². The summed E-state index contributed by atoms with van der Waals surface area (Å²) in [5.74, 6) is 0.755. The molecule has 0 fully saturated rings. The van der Waals surface area contributed by atoms with E-state index in [-0.39, 0.29) is 16.2 Å². The number of hydrogen-bond acceptors (Lipinski definition) is 1. The fourth-order valence-electron chi connectivity index (χ4n) is 2.85. The van der Waals surface area contributed by atoms with Gasteiger partial charge in [-0.2, -0.15) is 0 Å². The third-order valence-corrected chi connectivity index (χ3v) is 4.92. The molecule has 3 heteroatoms. The van der Waals surface area contributed by atoms with E-state index in [1.165, 1.54) is 11.6 Å². The van der Waals surface area contributed by atoms with E-state index < -0.39 is 0 Å². The molecule has 1 aliphatic rings. The van der Waals surface area contributed by atoms with Crippen molar-refractivity contribution < 1.29 is 9.13 Å². The van der Waals surface area contributed by atoms with Gasteiger partial charge in [-0.3, -0.25) is 0 Å². The smallest absolute Gasteiger partial charge is 0.123 e. The van der Waals surface area contributed by atoms with E-state index in [9.17, 15) is 4.39 Å². The SMILES string of the molecule is Cc1ccc(F)cc1C(Br)c1ccc2c(c1)CC(C)(C)O2. The van der Waals surface area contributed by atoms with Gasteiger partial charge >= 0.3 is 0 Å². The molecule has 0 bridgehead atoms.